The molecule has 150 valence electrons. The molecule has 0 aromatic carbocycles. The molecular weight excluding hydrogens is 415 g/mol. The Kier molecular flexibility index (Phi) is 12.3. The molecule has 0 radical (unpaired) electrons. The summed E-state index contributed by atoms with van der Waals surface area (Å²) in [6.45, 7) is 11.0. The van der Waals surface area contributed by atoms with Crippen LogP contribution in [0.2, 0.25) is 16.7 Å². The van der Waals surface area contributed by atoms with Crippen LogP contribution >= 0.6 is 0 Å². The van der Waals surface area contributed by atoms with Crippen molar-refractivity contribution in [2.75, 3.05) is 20.5 Å². The van der Waals surface area contributed by atoms with Crippen LogP contribution in [0.4, 0.5) is 0 Å². The average molecular weight is 461 g/mol. The van der Waals surface area contributed by atoms with E-state index in [1.807, 2.05) is 0 Å². The van der Waals surface area contributed by atoms with Crippen LogP contribution in [0, 0.1) is 5.92 Å². The van der Waals surface area contributed by atoms with Gasteiger partial charge in [-0.15, -0.1) is 0 Å². The molecule has 0 aromatic rings. The fourth-order valence-electron chi connectivity index (χ4n) is 5.25. The third-order valence-corrected chi connectivity index (χ3v) is 26.5. The molecule has 0 saturated heterocycles. The van der Waals surface area contributed by atoms with E-state index in [-0.39, 0.29) is 0 Å². The molecule has 1 aliphatic carbocycles. The van der Waals surface area contributed by atoms with Crippen molar-refractivity contribution in [1.82, 2.24) is 0 Å². The van der Waals surface area contributed by atoms with Crippen molar-refractivity contribution in [3.8, 4) is 0 Å². The fraction of sp³-hybridized carbons (Fsp3) is 1.00. The van der Waals surface area contributed by atoms with Crippen LogP contribution in [0.15, 0.2) is 0 Å². The summed E-state index contributed by atoms with van der Waals surface area (Å²) in [6, 6.07) is 0. The van der Waals surface area contributed by atoms with Crippen molar-refractivity contribution in [3.05, 3.63) is 0 Å². The van der Waals surface area contributed by atoms with Gasteiger partial charge in [0.1, 0.15) is 0 Å². The standard InChI is InChI=1S/C10H19O2.3C4H9.Sn/c1-3-4-5-9-6-10(9)7-12-8-11-2;3*1-3-4-2;/h10H,3-8H2,1-2H3;3*1,3-4H2,2H3;/t10-;;;;/m0..../s1. The molecule has 0 bridgehead atoms. The second-order valence-electron chi connectivity index (χ2n) is 8.53. The first-order valence-electron chi connectivity index (χ1n) is 11.2. The summed E-state index contributed by atoms with van der Waals surface area (Å²) < 4.78 is 16.7. The number of hydrogen-bond donors (Lipinski definition) is 0. The van der Waals surface area contributed by atoms with Crippen LogP contribution in [0.3, 0.4) is 0 Å². The quantitative estimate of drug-likeness (QED) is 0.128. The van der Waals surface area contributed by atoms with Gasteiger partial charge >= 0.3 is 163 Å². The number of ether oxygens (including phenoxy) is 2. The molecule has 0 amide bonds. The molecule has 0 N–H and O–H groups in total. The van der Waals surface area contributed by atoms with Gasteiger partial charge in [0.25, 0.3) is 0 Å². The fourth-order valence-corrected chi connectivity index (χ4v) is 27.1. The molecule has 2 nitrogen and oxygen atoms in total. The molecule has 25 heavy (non-hydrogen) atoms. The monoisotopic (exact) mass is 462 g/mol. The van der Waals surface area contributed by atoms with Crippen molar-refractivity contribution >= 4 is 18.4 Å². The molecule has 1 rings (SSSR count). The van der Waals surface area contributed by atoms with Gasteiger partial charge < -0.3 is 0 Å². The molecule has 0 spiro atoms. The van der Waals surface area contributed by atoms with Crippen LogP contribution < -0.4 is 0 Å². The Bertz CT molecular complexity index is 312. The minimum atomic E-state index is -2.19. The first kappa shape index (κ1) is 23.8. The predicted molar refractivity (Wildman–Crippen MR) is 113 cm³/mol. The Hall–Kier alpha value is 0.719. The van der Waals surface area contributed by atoms with Gasteiger partial charge in [0.05, 0.1) is 0 Å². The molecule has 2 atom stereocenters. The summed E-state index contributed by atoms with van der Waals surface area (Å²) in [5.74, 6) is 0.857. The van der Waals surface area contributed by atoms with Crippen molar-refractivity contribution in [3.63, 3.8) is 0 Å². The Morgan fingerprint density at radius 2 is 1.36 bits per heavy atom. The normalized spacial score (nSPS) is 23.2. The summed E-state index contributed by atoms with van der Waals surface area (Å²) >= 11 is -2.19. The van der Waals surface area contributed by atoms with Gasteiger partial charge in [0.2, 0.25) is 0 Å². The summed E-state index contributed by atoms with van der Waals surface area (Å²) in [4.78, 5) is 0. The van der Waals surface area contributed by atoms with Crippen molar-refractivity contribution in [2.24, 2.45) is 5.92 Å². The van der Waals surface area contributed by atoms with Gasteiger partial charge in [0.15, 0.2) is 0 Å². The summed E-state index contributed by atoms with van der Waals surface area (Å²) in [5, 5.41) is 0. The summed E-state index contributed by atoms with van der Waals surface area (Å²) in [6.07, 6.45) is 14.4. The number of hydrogen-bond acceptors (Lipinski definition) is 2. The SMILES string of the molecule is CCCC[C@@]1([Sn]([CH2]CCC)([CH2]CCC)[CH2]CCC)C[C@H]1COCOC. The predicted octanol–water partition coefficient (Wildman–Crippen LogP) is 7.41. The van der Waals surface area contributed by atoms with E-state index in [1.54, 1.807) is 20.4 Å². The van der Waals surface area contributed by atoms with Crippen molar-refractivity contribution < 1.29 is 9.47 Å². The third-order valence-electron chi connectivity index (χ3n) is 6.81. The van der Waals surface area contributed by atoms with Crippen molar-refractivity contribution in [1.29, 1.82) is 0 Å². The van der Waals surface area contributed by atoms with Gasteiger partial charge in [-0.05, 0) is 0 Å². The summed E-state index contributed by atoms with van der Waals surface area (Å²) in [5.41, 5.74) is 0. The van der Waals surface area contributed by atoms with E-state index < -0.39 is 18.4 Å². The Balaban J connectivity index is 2.99. The van der Waals surface area contributed by atoms with E-state index in [2.05, 4.69) is 27.7 Å². The molecule has 0 aliphatic heterocycles. The maximum absolute atomic E-state index is 5.86. The topological polar surface area (TPSA) is 18.5 Å². The molecule has 1 aliphatic rings. The average Bonchev–Trinajstić information content (AvgIpc) is 3.34. The van der Waals surface area contributed by atoms with Crippen LogP contribution in [-0.2, 0) is 9.47 Å². The van der Waals surface area contributed by atoms with E-state index >= 15 is 0 Å². The van der Waals surface area contributed by atoms with E-state index in [0.717, 1.165) is 16.0 Å². The first-order valence-corrected chi connectivity index (χ1v) is 18.7. The van der Waals surface area contributed by atoms with E-state index in [1.165, 1.54) is 64.2 Å². The van der Waals surface area contributed by atoms with E-state index in [4.69, 9.17) is 9.47 Å². The van der Waals surface area contributed by atoms with E-state index in [9.17, 15) is 0 Å². The molecule has 1 saturated carbocycles. The zero-order chi connectivity index (χ0) is 18.6. The zero-order valence-electron chi connectivity index (χ0n) is 18.0. The van der Waals surface area contributed by atoms with Gasteiger partial charge in [-0.1, -0.05) is 0 Å². The van der Waals surface area contributed by atoms with E-state index in [0.29, 0.717) is 6.79 Å². The second-order valence-corrected chi connectivity index (χ2v) is 23.0. The molecule has 1 fully saturated rings. The zero-order valence-corrected chi connectivity index (χ0v) is 20.9. The minimum absolute atomic E-state index is 0.474. The first-order chi connectivity index (χ1) is 12.2. The Labute approximate surface area is 162 Å². The van der Waals surface area contributed by atoms with Crippen LogP contribution in [0.25, 0.3) is 0 Å². The third kappa shape index (κ3) is 6.68. The molecule has 0 heterocycles. The summed E-state index contributed by atoms with van der Waals surface area (Å²) in [7, 11) is 1.74. The van der Waals surface area contributed by atoms with Gasteiger partial charge in [0, 0.05) is 0 Å². The molecule has 0 aromatic heterocycles. The number of rotatable bonds is 17. The second kappa shape index (κ2) is 13.0. The van der Waals surface area contributed by atoms with Gasteiger partial charge in [-0.2, -0.15) is 0 Å². The van der Waals surface area contributed by atoms with Crippen molar-refractivity contribution in [2.45, 2.75) is 109 Å². The molecular formula is C22H46O2Sn. The van der Waals surface area contributed by atoms with Crippen LogP contribution in [0.1, 0.15) is 91.9 Å². The Morgan fingerprint density at radius 3 is 1.80 bits per heavy atom. The Morgan fingerprint density at radius 1 is 0.840 bits per heavy atom. The van der Waals surface area contributed by atoms with Crippen LogP contribution in [0.5, 0.6) is 0 Å². The molecule has 0 unspecified atom stereocenters. The van der Waals surface area contributed by atoms with Gasteiger partial charge in [-0.3, -0.25) is 0 Å². The maximum atomic E-state index is 5.86. The van der Waals surface area contributed by atoms with Crippen LogP contribution in [-0.4, -0.2) is 38.9 Å². The molecule has 3 heteroatoms. The number of unbranched alkanes of at least 4 members (excludes halogenated alkanes) is 4. The number of methoxy groups -OCH3 is 1. The van der Waals surface area contributed by atoms with Gasteiger partial charge in [-0.25, -0.2) is 0 Å².